The van der Waals surface area contributed by atoms with E-state index in [9.17, 15) is 9.90 Å². The van der Waals surface area contributed by atoms with E-state index in [-0.39, 0.29) is 5.60 Å². The number of aromatic carboxylic acids is 1. The Balaban J connectivity index is 1.56. The molecule has 160 valence electrons. The minimum atomic E-state index is -0.917. The number of ether oxygens (including phenoxy) is 1. The molecule has 3 nitrogen and oxygen atoms in total. The van der Waals surface area contributed by atoms with Crippen LogP contribution in [0.4, 0.5) is 0 Å². The van der Waals surface area contributed by atoms with Gasteiger partial charge in [-0.1, -0.05) is 68.4 Å². The number of hydrogen-bond donors (Lipinski definition) is 1. The molecule has 0 radical (unpaired) electrons. The van der Waals surface area contributed by atoms with E-state index >= 15 is 0 Å². The molecular formula is C28H30O3. The summed E-state index contributed by atoms with van der Waals surface area (Å²) in [6.07, 6.45) is 3.86. The minimum absolute atomic E-state index is 0.280. The molecular weight excluding hydrogens is 384 g/mol. The lowest BCUT2D eigenvalue weighted by molar-refractivity contribution is 0.0653. The summed E-state index contributed by atoms with van der Waals surface area (Å²) < 4.78 is 6.53. The van der Waals surface area contributed by atoms with Gasteiger partial charge in [0.05, 0.1) is 5.56 Å². The number of carboxylic acid groups (broad SMARTS) is 1. The molecule has 0 spiro atoms. The topological polar surface area (TPSA) is 46.5 Å². The van der Waals surface area contributed by atoms with Crippen molar-refractivity contribution in [2.45, 2.75) is 52.1 Å². The summed E-state index contributed by atoms with van der Waals surface area (Å²) in [6.45, 7) is 6.66. The van der Waals surface area contributed by atoms with Crippen molar-refractivity contribution in [3.63, 3.8) is 0 Å². The van der Waals surface area contributed by atoms with Gasteiger partial charge in [0, 0.05) is 6.42 Å². The second-order valence-corrected chi connectivity index (χ2v) is 9.32. The van der Waals surface area contributed by atoms with Gasteiger partial charge in [-0.05, 0) is 72.1 Å². The van der Waals surface area contributed by atoms with Crippen LogP contribution in [0.15, 0.2) is 66.7 Å². The number of carbonyl (C=O) groups is 1. The number of rotatable bonds is 6. The van der Waals surface area contributed by atoms with E-state index in [1.165, 1.54) is 16.7 Å². The maximum absolute atomic E-state index is 11.6. The van der Waals surface area contributed by atoms with Crippen LogP contribution in [0, 0.1) is 5.92 Å². The molecule has 0 bridgehead atoms. The standard InChI is InChI=1S/C28H30O3/c1-19(2)16-20-8-10-21(11-9-20)18-28(3)15-14-22-12-13-23(17-26(22)31-28)24-6-4-5-7-25(24)27(29)30/h4-13,17,19H,14-16,18H2,1-3H3,(H,29,30). The fraction of sp³-hybridized carbons (Fsp3) is 0.321. The molecule has 0 saturated carbocycles. The van der Waals surface area contributed by atoms with Crippen molar-refractivity contribution in [2.75, 3.05) is 0 Å². The Labute approximate surface area is 184 Å². The maximum atomic E-state index is 11.6. The van der Waals surface area contributed by atoms with E-state index in [1.807, 2.05) is 24.3 Å². The quantitative estimate of drug-likeness (QED) is 0.496. The summed E-state index contributed by atoms with van der Waals surface area (Å²) in [5, 5.41) is 9.55. The van der Waals surface area contributed by atoms with Gasteiger partial charge in [0.2, 0.25) is 0 Å². The molecule has 0 amide bonds. The predicted molar refractivity (Wildman–Crippen MR) is 125 cm³/mol. The van der Waals surface area contributed by atoms with Gasteiger partial charge in [-0.25, -0.2) is 4.79 Å². The minimum Gasteiger partial charge on any atom is -0.487 e. The summed E-state index contributed by atoms with van der Waals surface area (Å²) in [5.74, 6) is 0.602. The molecule has 3 heteroatoms. The molecule has 0 aromatic heterocycles. The molecule has 0 fully saturated rings. The number of hydrogen-bond acceptors (Lipinski definition) is 2. The first-order valence-electron chi connectivity index (χ1n) is 11.1. The first-order valence-corrected chi connectivity index (χ1v) is 11.1. The highest BCUT2D eigenvalue weighted by molar-refractivity contribution is 5.96. The van der Waals surface area contributed by atoms with Crippen LogP contribution in [0.1, 0.15) is 54.2 Å². The van der Waals surface area contributed by atoms with Crippen molar-refractivity contribution in [3.8, 4) is 16.9 Å². The third-order valence-electron chi connectivity index (χ3n) is 6.06. The highest BCUT2D eigenvalue weighted by atomic mass is 16.5. The highest BCUT2D eigenvalue weighted by Gasteiger charge is 2.32. The third kappa shape index (κ3) is 4.82. The molecule has 3 aromatic carbocycles. The maximum Gasteiger partial charge on any atom is 0.336 e. The van der Waals surface area contributed by atoms with E-state index < -0.39 is 5.97 Å². The Morgan fingerprint density at radius 3 is 2.45 bits per heavy atom. The molecule has 4 rings (SSSR count). The first kappa shape index (κ1) is 21.2. The summed E-state index contributed by atoms with van der Waals surface area (Å²) in [6, 6.07) is 22.1. The number of benzene rings is 3. The van der Waals surface area contributed by atoms with Gasteiger partial charge >= 0.3 is 5.97 Å². The van der Waals surface area contributed by atoms with Crippen molar-refractivity contribution < 1.29 is 14.6 Å². The molecule has 3 aromatic rings. The van der Waals surface area contributed by atoms with Crippen molar-refractivity contribution in [3.05, 3.63) is 89.0 Å². The largest absolute Gasteiger partial charge is 0.487 e. The molecule has 1 heterocycles. The normalized spacial score (nSPS) is 17.8. The molecule has 1 unspecified atom stereocenters. The summed E-state index contributed by atoms with van der Waals surface area (Å²) in [4.78, 5) is 11.6. The molecule has 1 aliphatic rings. The number of carboxylic acids is 1. The van der Waals surface area contributed by atoms with Crippen LogP contribution < -0.4 is 4.74 Å². The predicted octanol–water partition coefficient (Wildman–Crippen LogP) is 6.58. The average Bonchev–Trinajstić information content (AvgIpc) is 2.74. The van der Waals surface area contributed by atoms with Gasteiger partial charge in [-0.3, -0.25) is 0 Å². The summed E-state index contributed by atoms with van der Waals surface area (Å²) in [5.41, 5.74) is 5.46. The van der Waals surface area contributed by atoms with Gasteiger partial charge in [0.1, 0.15) is 11.4 Å². The smallest absolute Gasteiger partial charge is 0.336 e. The zero-order valence-electron chi connectivity index (χ0n) is 18.5. The van der Waals surface area contributed by atoms with E-state index in [0.717, 1.165) is 42.6 Å². The second kappa shape index (κ2) is 8.58. The van der Waals surface area contributed by atoms with E-state index in [1.54, 1.807) is 12.1 Å². The lowest BCUT2D eigenvalue weighted by Gasteiger charge is -2.36. The lowest BCUT2D eigenvalue weighted by atomic mass is 9.86. The summed E-state index contributed by atoms with van der Waals surface area (Å²) >= 11 is 0. The van der Waals surface area contributed by atoms with Crippen molar-refractivity contribution >= 4 is 5.97 Å². The Morgan fingerprint density at radius 2 is 1.74 bits per heavy atom. The lowest BCUT2D eigenvalue weighted by Crippen LogP contribution is -2.38. The molecule has 31 heavy (non-hydrogen) atoms. The molecule has 1 aliphatic heterocycles. The van der Waals surface area contributed by atoms with Gasteiger partial charge in [-0.15, -0.1) is 0 Å². The van der Waals surface area contributed by atoms with Crippen LogP contribution in [0.25, 0.3) is 11.1 Å². The van der Waals surface area contributed by atoms with Crippen LogP contribution in [0.3, 0.4) is 0 Å². The molecule has 0 saturated heterocycles. The van der Waals surface area contributed by atoms with Gasteiger partial charge in [0.15, 0.2) is 0 Å². The van der Waals surface area contributed by atoms with Crippen molar-refractivity contribution in [1.29, 1.82) is 0 Å². The highest BCUT2D eigenvalue weighted by Crippen LogP contribution is 2.38. The third-order valence-corrected chi connectivity index (χ3v) is 6.06. The zero-order chi connectivity index (χ0) is 22.0. The number of aryl methyl sites for hydroxylation is 1. The fourth-order valence-corrected chi connectivity index (χ4v) is 4.48. The molecule has 1 N–H and O–H groups in total. The average molecular weight is 415 g/mol. The fourth-order valence-electron chi connectivity index (χ4n) is 4.48. The number of fused-ring (bicyclic) bond motifs is 1. The van der Waals surface area contributed by atoms with Gasteiger partial charge in [0.25, 0.3) is 0 Å². The molecule has 1 atom stereocenters. The van der Waals surface area contributed by atoms with E-state index in [2.05, 4.69) is 51.1 Å². The second-order valence-electron chi connectivity index (χ2n) is 9.32. The van der Waals surface area contributed by atoms with Crippen molar-refractivity contribution in [1.82, 2.24) is 0 Å². The van der Waals surface area contributed by atoms with Crippen molar-refractivity contribution in [2.24, 2.45) is 5.92 Å². The SMILES string of the molecule is CC(C)Cc1ccc(CC2(C)CCc3ccc(-c4ccccc4C(=O)O)cc3O2)cc1. The monoisotopic (exact) mass is 414 g/mol. The Kier molecular flexibility index (Phi) is 5.86. The van der Waals surface area contributed by atoms with E-state index in [4.69, 9.17) is 4.74 Å². The Hall–Kier alpha value is -3.07. The Bertz CT molecular complexity index is 1080. The van der Waals surface area contributed by atoms with Crippen LogP contribution in [-0.4, -0.2) is 16.7 Å². The van der Waals surface area contributed by atoms with Crippen LogP contribution in [0.2, 0.25) is 0 Å². The summed E-state index contributed by atoms with van der Waals surface area (Å²) in [7, 11) is 0. The first-order chi connectivity index (χ1) is 14.8. The zero-order valence-corrected chi connectivity index (χ0v) is 18.5. The van der Waals surface area contributed by atoms with Gasteiger partial charge in [-0.2, -0.15) is 0 Å². The van der Waals surface area contributed by atoms with Crippen LogP contribution in [0.5, 0.6) is 5.75 Å². The Morgan fingerprint density at radius 1 is 1.03 bits per heavy atom. The van der Waals surface area contributed by atoms with E-state index in [0.29, 0.717) is 11.5 Å². The molecule has 0 aliphatic carbocycles. The van der Waals surface area contributed by atoms with Gasteiger partial charge < -0.3 is 9.84 Å². The van der Waals surface area contributed by atoms with Crippen LogP contribution >= 0.6 is 0 Å². The van der Waals surface area contributed by atoms with Crippen LogP contribution in [-0.2, 0) is 19.3 Å².